The number of aromatic nitrogens is 1. The summed E-state index contributed by atoms with van der Waals surface area (Å²) in [5, 5.41) is 3.32. The number of rotatable bonds is 1. The molecule has 0 aromatic carbocycles. The molecule has 0 amide bonds. The second kappa shape index (κ2) is 1.89. The summed E-state index contributed by atoms with van der Waals surface area (Å²) in [6, 6.07) is 2.34. The van der Waals surface area contributed by atoms with E-state index in [2.05, 4.69) is 16.4 Å². The van der Waals surface area contributed by atoms with Crippen molar-refractivity contribution in [3.05, 3.63) is 23.0 Å². The molecule has 0 unspecified atom stereocenters. The molecule has 2 aliphatic rings. The van der Waals surface area contributed by atoms with E-state index in [1.165, 1.54) is 29.8 Å². The smallest absolute Gasteiger partial charge is 0.0363 e. The highest BCUT2D eigenvalue weighted by Gasteiger charge is 2.26. The van der Waals surface area contributed by atoms with Crippen molar-refractivity contribution in [2.24, 2.45) is 0 Å². The number of hydrogen-bond donors (Lipinski definition) is 2. The highest BCUT2D eigenvalue weighted by molar-refractivity contribution is 5.32. The Bertz CT molecular complexity index is 262. The van der Waals surface area contributed by atoms with Crippen LogP contribution >= 0.6 is 0 Å². The lowest BCUT2D eigenvalue weighted by molar-refractivity contribution is 0.749. The number of aromatic amines is 1. The van der Waals surface area contributed by atoms with Crippen molar-refractivity contribution in [2.75, 3.05) is 0 Å². The summed E-state index contributed by atoms with van der Waals surface area (Å²) >= 11 is 0. The molecular weight excluding hydrogens is 136 g/mol. The summed E-state index contributed by atoms with van der Waals surface area (Å²) in [6.45, 7) is 2.11. The molecule has 11 heavy (non-hydrogen) atoms. The maximum absolute atomic E-state index is 3.49. The first-order valence-electron chi connectivity index (χ1n) is 4.35. The standard InChI is InChI=1S/C9H12N2/c1-2-6(1)8-3-7-4-10-5-9(7)11-8/h3,6,10-11H,1-2,4-5H2. The van der Waals surface area contributed by atoms with Crippen LogP contribution in [0.5, 0.6) is 0 Å². The number of fused-ring (bicyclic) bond motifs is 1. The van der Waals surface area contributed by atoms with Crippen molar-refractivity contribution in [2.45, 2.75) is 31.8 Å². The van der Waals surface area contributed by atoms with Crippen LogP contribution in [0.1, 0.15) is 35.7 Å². The molecule has 0 saturated heterocycles. The van der Waals surface area contributed by atoms with E-state index in [1.54, 1.807) is 0 Å². The van der Waals surface area contributed by atoms with Crippen LogP contribution in [0.3, 0.4) is 0 Å². The van der Waals surface area contributed by atoms with Gasteiger partial charge in [-0.2, -0.15) is 0 Å². The monoisotopic (exact) mass is 148 g/mol. The topological polar surface area (TPSA) is 27.8 Å². The van der Waals surface area contributed by atoms with Gasteiger partial charge in [-0.05, 0) is 30.4 Å². The van der Waals surface area contributed by atoms with Gasteiger partial charge >= 0.3 is 0 Å². The van der Waals surface area contributed by atoms with Gasteiger partial charge in [-0.25, -0.2) is 0 Å². The summed E-state index contributed by atoms with van der Waals surface area (Å²) in [4.78, 5) is 3.49. The molecule has 3 rings (SSSR count). The zero-order valence-corrected chi connectivity index (χ0v) is 6.48. The molecule has 2 heteroatoms. The highest BCUT2D eigenvalue weighted by atomic mass is 14.9. The van der Waals surface area contributed by atoms with Gasteiger partial charge in [-0.15, -0.1) is 0 Å². The summed E-state index contributed by atoms with van der Waals surface area (Å²) in [6.07, 6.45) is 2.79. The van der Waals surface area contributed by atoms with Gasteiger partial charge in [0.1, 0.15) is 0 Å². The summed E-state index contributed by atoms with van der Waals surface area (Å²) in [7, 11) is 0. The van der Waals surface area contributed by atoms with Crippen LogP contribution in [0.25, 0.3) is 0 Å². The van der Waals surface area contributed by atoms with Crippen LogP contribution in [0, 0.1) is 0 Å². The summed E-state index contributed by atoms with van der Waals surface area (Å²) in [5.41, 5.74) is 4.40. The van der Waals surface area contributed by atoms with E-state index in [4.69, 9.17) is 0 Å². The Hall–Kier alpha value is -0.760. The minimum atomic E-state index is 0.876. The second-order valence-corrected chi connectivity index (χ2v) is 3.61. The molecule has 2 N–H and O–H groups in total. The average Bonchev–Trinajstić information content (AvgIpc) is 2.60. The lowest BCUT2D eigenvalue weighted by Crippen LogP contribution is -2.02. The van der Waals surface area contributed by atoms with E-state index in [0.717, 1.165) is 19.0 Å². The predicted molar refractivity (Wildman–Crippen MR) is 43.3 cm³/mol. The maximum Gasteiger partial charge on any atom is 0.0363 e. The van der Waals surface area contributed by atoms with Gasteiger partial charge in [0.15, 0.2) is 0 Å². The molecule has 1 aliphatic heterocycles. The fraction of sp³-hybridized carbons (Fsp3) is 0.556. The molecule has 58 valence electrons. The SMILES string of the molecule is c1c(C2CC2)[nH]c2c1CNC2. The molecule has 1 aliphatic carbocycles. The van der Waals surface area contributed by atoms with Crippen molar-refractivity contribution in [1.82, 2.24) is 10.3 Å². The third-order valence-electron chi connectivity index (χ3n) is 2.65. The molecule has 0 spiro atoms. The number of hydrogen-bond acceptors (Lipinski definition) is 1. The van der Waals surface area contributed by atoms with E-state index < -0.39 is 0 Å². The first-order chi connectivity index (χ1) is 5.43. The van der Waals surface area contributed by atoms with Crippen LogP contribution in [-0.4, -0.2) is 4.98 Å². The molecule has 0 atom stereocenters. The Kier molecular flexibility index (Phi) is 1.00. The van der Waals surface area contributed by atoms with Crippen molar-refractivity contribution >= 4 is 0 Å². The third kappa shape index (κ3) is 0.824. The van der Waals surface area contributed by atoms with Crippen molar-refractivity contribution in [3.63, 3.8) is 0 Å². The minimum Gasteiger partial charge on any atom is -0.361 e. The van der Waals surface area contributed by atoms with Crippen LogP contribution in [0.2, 0.25) is 0 Å². The van der Waals surface area contributed by atoms with Crippen LogP contribution in [0.15, 0.2) is 6.07 Å². The van der Waals surface area contributed by atoms with Gasteiger partial charge in [0, 0.05) is 24.5 Å². The summed E-state index contributed by atoms with van der Waals surface area (Å²) in [5.74, 6) is 0.876. The largest absolute Gasteiger partial charge is 0.361 e. The van der Waals surface area contributed by atoms with E-state index in [-0.39, 0.29) is 0 Å². The molecule has 1 aromatic rings. The molecular formula is C9H12N2. The van der Waals surface area contributed by atoms with Gasteiger partial charge in [0.25, 0.3) is 0 Å². The zero-order valence-electron chi connectivity index (χ0n) is 6.48. The van der Waals surface area contributed by atoms with Crippen molar-refractivity contribution < 1.29 is 0 Å². The van der Waals surface area contributed by atoms with Crippen LogP contribution < -0.4 is 5.32 Å². The first-order valence-corrected chi connectivity index (χ1v) is 4.35. The van der Waals surface area contributed by atoms with Gasteiger partial charge in [0.05, 0.1) is 0 Å². The lowest BCUT2D eigenvalue weighted by Gasteiger charge is -1.92. The van der Waals surface area contributed by atoms with Gasteiger partial charge in [-0.3, -0.25) is 0 Å². The molecule has 0 bridgehead atoms. The Balaban J connectivity index is 2.02. The number of H-pyrrole nitrogens is 1. The van der Waals surface area contributed by atoms with E-state index in [1.807, 2.05) is 0 Å². The molecule has 1 fully saturated rings. The van der Waals surface area contributed by atoms with Crippen LogP contribution in [-0.2, 0) is 13.1 Å². The quantitative estimate of drug-likeness (QED) is 0.620. The normalized spacial score (nSPS) is 22.2. The first kappa shape index (κ1) is 5.84. The Labute approximate surface area is 66.0 Å². The van der Waals surface area contributed by atoms with Crippen molar-refractivity contribution in [3.8, 4) is 0 Å². The van der Waals surface area contributed by atoms with Crippen molar-refractivity contribution in [1.29, 1.82) is 0 Å². The predicted octanol–water partition coefficient (Wildman–Crippen LogP) is 1.50. The zero-order chi connectivity index (χ0) is 7.26. The number of nitrogens with one attached hydrogen (secondary N) is 2. The second-order valence-electron chi connectivity index (χ2n) is 3.61. The molecule has 1 aromatic heterocycles. The lowest BCUT2D eigenvalue weighted by atomic mass is 10.2. The van der Waals surface area contributed by atoms with Gasteiger partial charge in [0.2, 0.25) is 0 Å². The Morgan fingerprint density at radius 3 is 2.91 bits per heavy atom. The maximum atomic E-state index is 3.49. The fourth-order valence-electron chi connectivity index (χ4n) is 1.82. The van der Waals surface area contributed by atoms with Crippen LogP contribution in [0.4, 0.5) is 0 Å². The Morgan fingerprint density at radius 1 is 1.27 bits per heavy atom. The Morgan fingerprint density at radius 2 is 2.18 bits per heavy atom. The molecule has 2 nitrogen and oxygen atoms in total. The molecule has 0 radical (unpaired) electrons. The van der Waals surface area contributed by atoms with E-state index >= 15 is 0 Å². The molecule has 1 saturated carbocycles. The molecule has 2 heterocycles. The fourth-order valence-corrected chi connectivity index (χ4v) is 1.82. The minimum absolute atomic E-state index is 0.876. The summed E-state index contributed by atoms with van der Waals surface area (Å²) < 4.78 is 0. The van der Waals surface area contributed by atoms with E-state index in [9.17, 15) is 0 Å². The third-order valence-corrected chi connectivity index (χ3v) is 2.65. The highest BCUT2D eigenvalue weighted by Crippen LogP contribution is 2.40. The van der Waals surface area contributed by atoms with E-state index in [0.29, 0.717) is 0 Å². The van der Waals surface area contributed by atoms with Gasteiger partial charge in [-0.1, -0.05) is 0 Å². The average molecular weight is 148 g/mol. The van der Waals surface area contributed by atoms with Gasteiger partial charge < -0.3 is 10.3 Å².